The zero-order valence-corrected chi connectivity index (χ0v) is 11.5. The van der Waals surface area contributed by atoms with E-state index in [9.17, 15) is 0 Å². The molecule has 4 heteroatoms. The highest BCUT2D eigenvalue weighted by atomic mass is 16.4. The zero-order chi connectivity index (χ0) is 13.4. The molecule has 0 N–H and O–H groups in total. The maximum Gasteiger partial charge on any atom is 0.249 e. The van der Waals surface area contributed by atoms with E-state index in [4.69, 9.17) is 4.42 Å². The molecular formula is C15H17N3O. The molecule has 0 saturated heterocycles. The van der Waals surface area contributed by atoms with Crippen LogP contribution < -0.4 is 0 Å². The molecule has 19 heavy (non-hydrogen) atoms. The minimum absolute atomic E-state index is 0.609. The molecule has 2 heterocycles. The molecule has 0 spiro atoms. The van der Waals surface area contributed by atoms with Gasteiger partial charge in [-0.15, -0.1) is 10.2 Å². The smallest absolute Gasteiger partial charge is 0.249 e. The van der Waals surface area contributed by atoms with Crippen LogP contribution in [-0.2, 0) is 13.0 Å². The molecule has 4 nitrogen and oxygen atoms in total. The monoisotopic (exact) mass is 255 g/mol. The molecule has 0 fully saturated rings. The van der Waals surface area contributed by atoms with Gasteiger partial charge in [0.15, 0.2) is 0 Å². The first-order chi connectivity index (χ1) is 9.22. The third-order valence-corrected chi connectivity index (χ3v) is 3.38. The molecule has 0 aliphatic carbocycles. The van der Waals surface area contributed by atoms with Crippen LogP contribution in [0.25, 0.3) is 22.4 Å². The summed E-state index contributed by atoms with van der Waals surface area (Å²) < 4.78 is 7.90. The quantitative estimate of drug-likeness (QED) is 0.718. The van der Waals surface area contributed by atoms with Gasteiger partial charge in [0.05, 0.1) is 5.56 Å². The van der Waals surface area contributed by atoms with Crippen molar-refractivity contribution in [3.05, 3.63) is 35.9 Å². The second kappa shape index (κ2) is 4.53. The van der Waals surface area contributed by atoms with Crippen LogP contribution in [0.15, 0.2) is 28.8 Å². The van der Waals surface area contributed by atoms with E-state index in [1.807, 2.05) is 6.92 Å². The number of aryl methyl sites for hydroxylation is 3. The third kappa shape index (κ3) is 1.93. The molecular weight excluding hydrogens is 238 g/mol. The molecule has 0 unspecified atom stereocenters. The van der Waals surface area contributed by atoms with Crippen LogP contribution in [-0.4, -0.2) is 14.8 Å². The van der Waals surface area contributed by atoms with E-state index < -0.39 is 0 Å². The number of benzene rings is 1. The average molecular weight is 255 g/mol. The lowest BCUT2D eigenvalue weighted by atomic mass is 10.1. The van der Waals surface area contributed by atoms with Crippen molar-refractivity contribution in [1.29, 1.82) is 0 Å². The lowest BCUT2D eigenvalue weighted by molar-refractivity contribution is 0.513. The van der Waals surface area contributed by atoms with Gasteiger partial charge in [-0.1, -0.05) is 19.1 Å². The Bertz CT molecular complexity index is 724. The Balaban J connectivity index is 2.23. The van der Waals surface area contributed by atoms with Crippen molar-refractivity contribution >= 4 is 10.9 Å². The van der Waals surface area contributed by atoms with Crippen molar-refractivity contribution in [2.24, 2.45) is 0 Å². The Morgan fingerprint density at radius 3 is 2.74 bits per heavy atom. The molecule has 0 saturated carbocycles. The molecule has 0 aliphatic rings. The second-order valence-electron chi connectivity index (χ2n) is 4.70. The van der Waals surface area contributed by atoms with Crippen molar-refractivity contribution < 1.29 is 4.42 Å². The third-order valence-electron chi connectivity index (χ3n) is 3.38. The van der Waals surface area contributed by atoms with Crippen molar-refractivity contribution in [1.82, 2.24) is 14.8 Å². The van der Waals surface area contributed by atoms with Crippen LogP contribution in [0.4, 0.5) is 0 Å². The van der Waals surface area contributed by atoms with Crippen LogP contribution >= 0.6 is 0 Å². The Labute approximate surface area is 112 Å². The molecule has 0 atom stereocenters. The van der Waals surface area contributed by atoms with Gasteiger partial charge in [0.25, 0.3) is 0 Å². The van der Waals surface area contributed by atoms with E-state index in [1.165, 1.54) is 16.5 Å². The van der Waals surface area contributed by atoms with Crippen LogP contribution in [0.1, 0.15) is 25.3 Å². The van der Waals surface area contributed by atoms with E-state index in [1.54, 1.807) is 0 Å². The first kappa shape index (κ1) is 12.0. The van der Waals surface area contributed by atoms with Crippen LogP contribution in [0.2, 0.25) is 0 Å². The lowest BCUT2D eigenvalue weighted by Gasteiger charge is -2.00. The summed E-state index contributed by atoms with van der Waals surface area (Å²) in [4.78, 5) is 0. The van der Waals surface area contributed by atoms with Gasteiger partial charge in [-0.25, -0.2) is 0 Å². The molecule has 3 rings (SSSR count). The molecule has 0 radical (unpaired) electrons. The van der Waals surface area contributed by atoms with Gasteiger partial charge in [-0.05, 0) is 25.5 Å². The fourth-order valence-corrected chi connectivity index (χ4v) is 2.34. The number of aromatic nitrogens is 3. The van der Waals surface area contributed by atoms with Gasteiger partial charge in [0.2, 0.25) is 11.8 Å². The maximum atomic E-state index is 5.68. The van der Waals surface area contributed by atoms with Crippen molar-refractivity contribution in [3.63, 3.8) is 0 Å². The Morgan fingerprint density at radius 2 is 2.05 bits per heavy atom. The molecule has 98 valence electrons. The highest BCUT2D eigenvalue weighted by Crippen LogP contribution is 2.30. The highest BCUT2D eigenvalue weighted by molar-refractivity contribution is 5.94. The SMILES string of the molecule is CCc1nnc(-c2cn(CC)c3cc(C)ccc23)o1. The first-order valence-corrected chi connectivity index (χ1v) is 6.65. The van der Waals surface area contributed by atoms with Crippen LogP contribution in [0.3, 0.4) is 0 Å². The summed E-state index contributed by atoms with van der Waals surface area (Å²) in [7, 11) is 0. The topological polar surface area (TPSA) is 43.9 Å². The highest BCUT2D eigenvalue weighted by Gasteiger charge is 2.15. The fraction of sp³-hybridized carbons (Fsp3) is 0.333. The number of rotatable bonds is 3. The summed E-state index contributed by atoms with van der Waals surface area (Å²) in [5.41, 5.74) is 3.49. The van der Waals surface area contributed by atoms with Gasteiger partial charge in [0, 0.05) is 30.1 Å². The predicted molar refractivity (Wildman–Crippen MR) is 75.0 cm³/mol. The van der Waals surface area contributed by atoms with E-state index in [0.717, 1.165) is 18.5 Å². The minimum Gasteiger partial charge on any atom is -0.421 e. The minimum atomic E-state index is 0.609. The van der Waals surface area contributed by atoms with Gasteiger partial charge < -0.3 is 8.98 Å². The summed E-state index contributed by atoms with van der Waals surface area (Å²) in [5, 5.41) is 9.36. The maximum absolute atomic E-state index is 5.68. The zero-order valence-electron chi connectivity index (χ0n) is 11.5. The summed E-state index contributed by atoms with van der Waals surface area (Å²) >= 11 is 0. The average Bonchev–Trinajstić information content (AvgIpc) is 3.01. The van der Waals surface area contributed by atoms with Crippen molar-refractivity contribution in [2.45, 2.75) is 33.7 Å². The Morgan fingerprint density at radius 1 is 1.21 bits per heavy atom. The molecule has 1 aromatic carbocycles. The molecule has 0 bridgehead atoms. The fourth-order valence-electron chi connectivity index (χ4n) is 2.34. The summed E-state index contributed by atoms with van der Waals surface area (Å²) in [6.07, 6.45) is 2.86. The molecule has 2 aromatic heterocycles. The normalized spacial score (nSPS) is 11.3. The number of hydrogen-bond acceptors (Lipinski definition) is 3. The van der Waals surface area contributed by atoms with E-state index in [0.29, 0.717) is 11.8 Å². The Hall–Kier alpha value is -2.10. The molecule has 0 aliphatic heterocycles. The van der Waals surface area contributed by atoms with Gasteiger partial charge in [-0.2, -0.15) is 0 Å². The van der Waals surface area contributed by atoms with Gasteiger partial charge in [-0.3, -0.25) is 0 Å². The van der Waals surface area contributed by atoms with Crippen molar-refractivity contribution in [2.75, 3.05) is 0 Å². The second-order valence-corrected chi connectivity index (χ2v) is 4.70. The predicted octanol–water partition coefficient (Wildman–Crippen LogP) is 3.58. The Kier molecular flexibility index (Phi) is 2.85. The summed E-state index contributed by atoms with van der Waals surface area (Å²) in [6, 6.07) is 6.43. The first-order valence-electron chi connectivity index (χ1n) is 6.65. The van der Waals surface area contributed by atoms with Gasteiger partial charge >= 0.3 is 0 Å². The summed E-state index contributed by atoms with van der Waals surface area (Å²) in [5.74, 6) is 1.29. The number of hydrogen-bond donors (Lipinski definition) is 0. The molecule has 0 amide bonds. The number of fused-ring (bicyclic) bond motifs is 1. The van der Waals surface area contributed by atoms with Crippen LogP contribution in [0.5, 0.6) is 0 Å². The number of nitrogens with zero attached hydrogens (tertiary/aromatic N) is 3. The van der Waals surface area contributed by atoms with E-state index >= 15 is 0 Å². The summed E-state index contributed by atoms with van der Waals surface area (Å²) in [6.45, 7) is 7.18. The van der Waals surface area contributed by atoms with Crippen molar-refractivity contribution in [3.8, 4) is 11.5 Å². The largest absolute Gasteiger partial charge is 0.421 e. The van der Waals surface area contributed by atoms with E-state index in [-0.39, 0.29) is 0 Å². The van der Waals surface area contributed by atoms with Crippen LogP contribution in [0, 0.1) is 6.92 Å². The lowest BCUT2D eigenvalue weighted by Crippen LogP contribution is -1.90. The molecule has 3 aromatic rings. The van der Waals surface area contributed by atoms with E-state index in [2.05, 4.69) is 53.0 Å². The standard InChI is InChI=1S/C15H17N3O/c1-4-14-16-17-15(19-14)12-9-18(5-2)13-8-10(3)6-7-11(12)13/h6-9H,4-5H2,1-3H3. The van der Waals surface area contributed by atoms with Gasteiger partial charge in [0.1, 0.15) is 0 Å².